The molecule has 0 atom stereocenters. The maximum Gasteiger partial charge on any atom is 0.273 e. The first-order valence-corrected chi connectivity index (χ1v) is 9.02. The van der Waals surface area contributed by atoms with Crippen LogP contribution in [0.4, 0.5) is 0 Å². The van der Waals surface area contributed by atoms with Gasteiger partial charge in [-0.05, 0) is 33.9 Å². The molecule has 2 heterocycles. The van der Waals surface area contributed by atoms with Gasteiger partial charge < -0.3 is 19.5 Å². The van der Waals surface area contributed by atoms with Crippen molar-refractivity contribution in [1.29, 1.82) is 0 Å². The number of carbonyl (C=O) groups excluding carboxylic acids is 1. The molecule has 0 radical (unpaired) electrons. The second-order valence-electron chi connectivity index (χ2n) is 7.48. The Kier molecular flexibility index (Phi) is 5.74. The van der Waals surface area contributed by atoms with E-state index in [9.17, 15) is 4.79 Å². The van der Waals surface area contributed by atoms with Crippen LogP contribution in [0.5, 0.6) is 0 Å². The third kappa shape index (κ3) is 4.51. The van der Waals surface area contributed by atoms with Crippen LogP contribution in [0.2, 0.25) is 0 Å². The molecule has 1 aromatic heterocycles. The largest absolute Gasteiger partial charge is 0.381 e. The Hall–Kier alpha value is -2.18. The number of amides is 1. The zero-order chi connectivity index (χ0) is 18.6. The lowest BCUT2D eigenvalue weighted by Crippen LogP contribution is -2.47. The van der Waals surface area contributed by atoms with Crippen LogP contribution < -0.4 is 5.32 Å². The van der Waals surface area contributed by atoms with E-state index in [1.165, 1.54) is 5.56 Å². The number of carbonyl (C=O) groups is 1. The molecule has 0 aliphatic carbocycles. The summed E-state index contributed by atoms with van der Waals surface area (Å²) < 4.78 is 10.9. The van der Waals surface area contributed by atoms with Crippen molar-refractivity contribution in [2.24, 2.45) is 5.41 Å². The Balaban J connectivity index is 1.65. The van der Waals surface area contributed by atoms with Crippen LogP contribution in [0.25, 0.3) is 11.3 Å². The van der Waals surface area contributed by atoms with Gasteiger partial charge in [-0.15, -0.1) is 0 Å². The fourth-order valence-corrected chi connectivity index (χ4v) is 3.46. The summed E-state index contributed by atoms with van der Waals surface area (Å²) in [6, 6.07) is 9.64. The third-order valence-corrected chi connectivity index (χ3v) is 4.91. The number of rotatable bonds is 6. The highest BCUT2D eigenvalue weighted by molar-refractivity contribution is 5.93. The maximum absolute atomic E-state index is 12.5. The van der Waals surface area contributed by atoms with Gasteiger partial charge >= 0.3 is 0 Å². The topological polar surface area (TPSA) is 67.6 Å². The minimum Gasteiger partial charge on any atom is -0.381 e. The average Bonchev–Trinajstić information content (AvgIpc) is 3.11. The predicted molar refractivity (Wildman–Crippen MR) is 100 cm³/mol. The van der Waals surface area contributed by atoms with Crippen molar-refractivity contribution in [3.05, 3.63) is 41.6 Å². The Labute approximate surface area is 154 Å². The van der Waals surface area contributed by atoms with Gasteiger partial charge in [0.15, 0.2) is 11.5 Å². The fourth-order valence-electron chi connectivity index (χ4n) is 3.46. The van der Waals surface area contributed by atoms with Gasteiger partial charge in [-0.2, -0.15) is 0 Å². The van der Waals surface area contributed by atoms with E-state index in [1.807, 2.05) is 31.2 Å². The smallest absolute Gasteiger partial charge is 0.273 e. The van der Waals surface area contributed by atoms with Crippen LogP contribution >= 0.6 is 0 Å². The minimum absolute atomic E-state index is 0.0426. The summed E-state index contributed by atoms with van der Waals surface area (Å²) in [5.41, 5.74) is 2.44. The van der Waals surface area contributed by atoms with Gasteiger partial charge in [0.05, 0.1) is 0 Å². The molecule has 3 rings (SSSR count). The molecule has 1 aromatic carbocycles. The van der Waals surface area contributed by atoms with E-state index in [0.717, 1.165) is 38.2 Å². The van der Waals surface area contributed by atoms with Crippen molar-refractivity contribution in [3.8, 4) is 11.3 Å². The lowest BCUT2D eigenvalue weighted by Gasteiger charge is -2.39. The lowest BCUT2D eigenvalue weighted by atomic mass is 9.79. The summed E-state index contributed by atoms with van der Waals surface area (Å²) >= 11 is 0. The molecule has 0 unspecified atom stereocenters. The van der Waals surface area contributed by atoms with Gasteiger partial charge in [-0.3, -0.25) is 4.79 Å². The molecule has 140 valence electrons. The molecule has 26 heavy (non-hydrogen) atoms. The van der Waals surface area contributed by atoms with E-state index < -0.39 is 0 Å². The Morgan fingerprint density at radius 2 is 1.92 bits per heavy atom. The van der Waals surface area contributed by atoms with Crippen molar-refractivity contribution in [2.45, 2.75) is 19.8 Å². The summed E-state index contributed by atoms with van der Waals surface area (Å²) in [5.74, 6) is 0.404. The lowest BCUT2D eigenvalue weighted by molar-refractivity contribution is 0.00281. The van der Waals surface area contributed by atoms with Gasteiger partial charge in [-0.1, -0.05) is 35.0 Å². The molecule has 1 amide bonds. The minimum atomic E-state index is -0.197. The molecule has 6 heteroatoms. The molecule has 1 saturated heterocycles. The molecule has 1 N–H and O–H groups in total. The number of aromatic nitrogens is 1. The predicted octanol–water partition coefficient (Wildman–Crippen LogP) is 2.74. The van der Waals surface area contributed by atoms with Crippen LogP contribution in [-0.4, -0.2) is 56.4 Å². The number of nitrogens with one attached hydrogen (secondary N) is 1. The second kappa shape index (κ2) is 8.01. The first kappa shape index (κ1) is 18.6. The van der Waals surface area contributed by atoms with E-state index in [1.54, 1.807) is 6.07 Å². The molecule has 1 aliphatic rings. The van der Waals surface area contributed by atoms with E-state index in [0.29, 0.717) is 18.0 Å². The maximum atomic E-state index is 12.5. The first-order chi connectivity index (χ1) is 12.5. The third-order valence-electron chi connectivity index (χ3n) is 4.91. The molecule has 0 spiro atoms. The molecular weight excluding hydrogens is 330 g/mol. The summed E-state index contributed by atoms with van der Waals surface area (Å²) in [6.07, 6.45) is 1.89. The Morgan fingerprint density at radius 3 is 2.58 bits per heavy atom. The van der Waals surface area contributed by atoms with E-state index in [-0.39, 0.29) is 11.3 Å². The zero-order valence-electron chi connectivity index (χ0n) is 15.7. The van der Waals surface area contributed by atoms with Crippen LogP contribution in [-0.2, 0) is 4.74 Å². The van der Waals surface area contributed by atoms with Crippen LogP contribution in [0.3, 0.4) is 0 Å². The van der Waals surface area contributed by atoms with Crippen molar-refractivity contribution < 1.29 is 14.1 Å². The van der Waals surface area contributed by atoms with E-state index >= 15 is 0 Å². The van der Waals surface area contributed by atoms with Crippen LogP contribution in [0, 0.1) is 12.3 Å². The van der Waals surface area contributed by atoms with Crippen molar-refractivity contribution >= 4 is 5.91 Å². The van der Waals surface area contributed by atoms with Crippen molar-refractivity contribution in [1.82, 2.24) is 15.4 Å². The molecule has 6 nitrogen and oxygen atoms in total. The van der Waals surface area contributed by atoms with Crippen LogP contribution in [0.15, 0.2) is 34.9 Å². The Morgan fingerprint density at radius 1 is 1.23 bits per heavy atom. The fraction of sp³-hybridized carbons (Fsp3) is 0.500. The van der Waals surface area contributed by atoms with Crippen molar-refractivity contribution in [3.63, 3.8) is 0 Å². The molecular formula is C20H27N3O3. The summed E-state index contributed by atoms with van der Waals surface area (Å²) in [5, 5.41) is 6.99. The van der Waals surface area contributed by atoms with Crippen molar-refractivity contribution in [2.75, 3.05) is 40.4 Å². The van der Waals surface area contributed by atoms with Gasteiger partial charge in [0, 0.05) is 43.3 Å². The monoisotopic (exact) mass is 357 g/mol. The molecule has 0 saturated carbocycles. The summed E-state index contributed by atoms with van der Waals surface area (Å²) in [4.78, 5) is 14.7. The highest BCUT2D eigenvalue weighted by Gasteiger charge is 2.33. The highest BCUT2D eigenvalue weighted by atomic mass is 16.5. The number of hydrogen-bond donors (Lipinski definition) is 1. The molecule has 1 aliphatic heterocycles. The van der Waals surface area contributed by atoms with E-state index in [2.05, 4.69) is 29.5 Å². The first-order valence-electron chi connectivity index (χ1n) is 9.02. The normalized spacial score (nSPS) is 16.6. The van der Waals surface area contributed by atoms with Gasteiger partial charge in [0.25, 0.3) is 5.91 Å². The van der Waals surface area contributed by atoms with Gasteiger partial charge in [0.2, 0.25) is 0 Å². The standard InChI is InChI=1S/C20H27N3O3/c1-15-4-6-16(7-5-15)18-12-17(22-26-18)19(24)21-13-20(14-23(2)3)8-10-25-11-9-20/h4-7,12H,8-11,13-14H2,1-3H3,(H,21,24). The SMILES string of the molecule is Cc1ccc(-c2cc(C(=O)NCC3(CN(C)C)CCOCC3)no2)cc1. The molecule has 1 fully saturated rings. The second-order valence-corrected chi connectivity index (χ2v) is 7.48. The summed E-state index contributed by atoms with van der Waals surface area (Å²) in [7, 11) is 4.12. The van der Waals surface area contributed by atoms with E-state index in [4.69, 9.17) is 9.26 Å². The van der Waals surface area contributed by atoms with Gasteiger partial charge in [0.1, 0.15) is 0 Å². The number of ether oxygens (including phenoxy) is 1. The number of aryl methyl sites for hydroxylation is 1. The number of nitrogens with zero attached hydrogens (tertiary/aromatic N) is 2. The summed E-state index contributed by atoms with van der Waals surface area (Å²) in [6.45, 7) is 5.05. The average molecular weight is 357 g/mol. The number of benzene rings is 1. The highest BCUT2D eigenvalue weighted by Crippen LogP contribution is 2.30. The molecule has 0 bridgehead atoms. The van der Waals surface area contributed by atoms with Crippen LogP contribution in [0.1, 0.15) is 28.9 Å². The zero-order valence-corrected chi connectivity index (χ0v) is 15.7. The quantitative estimate of drug-likeness (QED) is 0.861. The van der Waals surface area contributed by atoms with Gasteiger partial charge in [-0.25, -0.2) is 0 Å². The molecule has 2 aromatic rings. The Bertz CT molecular complexity index is 731. The number of hydrogen-bond acceptors (Lipinski definition) is 5.